The Morgan fingerprint density at radius 3 is 2.58 bits per heavy atom. The van der Waals surface area contributed by atoms with Crippen molar-refractivity contribution in [3.63, 3.8) is 0 Å². The van der Waals surface area contributed by atoms with Crippen molar-refractivity contribution < 1.29 is 14.2 Å². The molecule has 1 aromatic carbocycles. The molecular formula is C22H31NO3. The fourth-order valence-electron chi connectivity index (χ4n) is 3.47. The first-order valence-electron chi connectivity index (χ1n) is 9.77. The molecule has 1 heterocycles. The lowest BCUT2D eigenvalue weighted by Gasteiger charge is -2.40. The SMILES string of the molecule is COC1CC(OC2CCN(c3cccc(C#CCOC(C)C)c3)CC2)C1. The van der Waals surface area contributed by atoms with Crippen LogP contribution in [-0.2, 0) is 14.2 Å². The van der Waals surface area contributed by atoms with Crippen molar-refractivity contribution in [1.82, 2.24) is 0 Å². The highest BCUT2D eigenvalue weighted by molar-refractivity contribution is 5.52. The van der Waals surface area contributed by atoms with Gasteiger partial charge in [-0.1, -0.05) is 17.9 Å². The van der Waals surface area contributed by atoms with Gasteiger partial charge >= 0.3 is 0 Å². The van der Waals surface area contributed by atoms with Gasteiger partial charge in [0.2, 0.25) is 0 Å². The summed E-state index contributed by atoms with van der Waals surface area (Å²) in [5.74, 6) is 6.29. The summed E-state index contributed by atoms with van der Waals surface area (Å²) in [6, 6.07) is 8.50. The van der Waals surface area contributed by atoms with Crippen molar-refractivity contribution in [2.75, 3.05) is 31.7 Å². The number of anilines is 1. The molecule has 2 fully saturated rings. The van der Waals surface area contributed by atoms with E-state index in [0.29, 0.717) is 24.9 Å². The first kappa shape index (κ1) is 19.2. The minimum atomic E-state index is 0.222. The second-order valence-electron chi connectivity index (χ2n) is 7.49. The zero-order valence-corrected chi connectivity index (χ0v) is 16.2. The van der Waals surface area contributed by atoms with Crippen LogP contribution >= 0.6 is 0 Å². The minimum Gasteiger partial charge on any atom is -0.381 e. The predicted molar refractivity (Wildman–Crippen MR) is 105 cm³/mol. The lowest BCUT2D eigenvalue weighted by molar-refractivity contribution is -0.119. The van der Waals surface area contributed by atoms with Crippen LogP contribution in [0.5, 0.6) is 0 Å². The van der Waals surface area contributed by atoms with Gasteiger partial charge in [-0.05, 0) is 57.7 Å². The van der Waals surface area contributed by atoms with E-state index in [0.717, 1.165) is 44.3 Å². The van der Waals surface area contributed by atoms with Crippen molar-refractivity contribution in [2.24, 2.45) is 0 Å². The van der Waals surface area contributed by atoms with Crippen molar-refractivity contribution in [2.45, 2.75) is 63.9 Å². The van der Waals surface area contributed by atoms with Crippen LogP contribution in [0.1, 0.15) is 45.1 Å². The second-order valence-corrected chi connectivity index (χ2v) is 7.49. The Morgan fingerprint density at radius 2 is 1.88 bits per heavy atom. The monoisotopic (exact) mass is 357 g/mol. The molecule has 1 aliphatic heterocycles. The highest BCUT2D eigenvalue weighted by atomic mass is 16.5. The molecule has 0 spiro atoms. The Kier molecular flexibility index (Phi) is 6.96. The summed E-state index contributed by atoms with van der Waals surface area (Å²) < 4.78 is 17.0. The van der Waals surface area contributed by atoms with E-state index in [2.05, 4.69) is 41.0 Å². The molecule has 1 aliphatic carbocycles. The molecule has 0 bridgehead atoms. The van der Waals surface area contributed by atoms with Crippen molar-refractivity contribution in [1.29, 1.82) is 0 Å². The van der Waals surface area contributed by atoms with E-state index in [4.69, 9.17) is 14.2 Å². The Morgan fingerprint density at radius 1 is 1.12 bits per heavy atom. The van der Waals surface area contributed by atoms with E-state index < -0.39 is 0 Å². The maximum atomic E-state index is 6.21. The molecule has 142 valence electrons. The second kappa shape index (κ2) is 9.41. The summed E-state index contributed by atoms with van der Waals surface area (Å²) in [4.78, 5) is 2.44. The average Bonchev–Trinajstić information content (AvgIpc) is 2.62. The van der Waals surface area contributed by atoms with Gasteiger partial charge in [0.05, 0.1) is 24.4 Å². The molecule has 1 saturated carbocycles. The van der Waals surface area contributed by atoms with Crippen LogP contribution in [0.4, 0.5) is 5.69 Å². The molecule has 1 saturated heterocycles. The van der Waals surface area contributed by atoms with E-state index in [1.165, 1.54) is 5.69 Å². The molecule has 0 N–H and O–H groups in total. The Hall–Kier alpha value is -1.54. The van der Waals surface area contributed by atoms with E-state index in [-0.39, 0.29) is 6.10 Å². The van der Waals surface area contributed by atoms with Crippen LogP contribution in [-0.4, -0.2) is 51.2 Å². The molecule has 1 aromatic rings. The van der Waals surface area contributed by atoms with Crippen LogP contribution < -0.4 is 4.90 Å². The summed E-state index contributed by atoms with van der Waals surface area (Å²) in [6.45, 7) is 6.61. The van der Waals surface area contributed by atoms with E-state index >= 15 is 0 Å². The van der Waals surface area contributed by atoms with Gasteiger partial charge in [0.25, 0.3) is 0 Å². The standard InChI is InChI=1S/C22H31NO3/c1-17(2)25-13-5-7-18-6-4-8-19(14-18)23-11-9-20(10-12-23)26-22-15-21(16-22)24-3/h4,6,8,14,17,20-22H,9-13,15-16H2,1-3H3. The Balaban J connectivity index is 1.46. The zero-order valence-electron chi connectivity index (χ0n) is 16.2. The van der Waals surface area contributed by atoms with Gasteiger partial charge in [0, 0.05) is 31.5 Å². The third-order valence-corrected chi connectivity index (χ3v) is 5.14. The summed E-state index contributed by atoms with van der Waals surface area (Å²) in [5.41, 5.74) is 2.30. The molecule has 0 aromatic heterocycles. The normalized spacial score (nSPS) is 23.5. The fourth-order valence-corrected chi connectivity index (χ4v) is 3.47. The molecule has 4 nitrogen and oxygen atoms in total. The molecule has 0 radical (unpaired) electrons. The third kappa shape index (κ3) is 5.48. The summed E-state index contributed by atoms with van der Waals surface area (Å²) in [5, 5.41) is 0. The van der Waals surface area contributed by atoms with Crippen molar-refractivity contribution in [3.05, 3.63) is 29.8 Å². The maximum Gasteiger partial charge on any atom is 0.108 e. The fraction of sp³-hybridized carbons (Fsp3) is 0.636. The van der Waals surface area contributed by atoms with Gasteiger partial charge in [-0.15, -0.1) is 0 Å². The molecule has 4 heteroatoms. The van der Waals surface area contributed by atoms with Crippen molar-refractivity contribution >= 4 is 5.69 Å². The Labute approximate surface area is 157 Å². The molecule has 26 heavy (non-hydrogen) atoms. The molecule has 0 unspecified atom stereocenters. The van der Waals surface area contributed by atoms with Gasteiger partial charge in [-0.25, -0.2) is 0 Å². The molecule has 3 rings (SSSR count). The van der Waals surface area contributed by atoms with Crippen LogP contribution in [0.15, 0.2) is 24.3 Å². The van der Waals surface area contributed by atoms with Gasteiger partial charge in [-0.3, -0.25) is 0 Å². The van der Waals surface area contributed by atoms with E-state index in [9.17, 15) is 0 Å². The third-order valence-electron chi connectivity index (χ3n) is 5.14. The van der Waals surface area contributed by atoms with Crippen LogP contribution in [0.3, 0.4) is 0 Å². The number of rotatable bonds is 6. The molecule has 2 aliphatic rings. The molecule has 0 atom stereocenters. The number of piperidine rings is 1. The van der Waals surface area contributed by atoms with Gasteiger partial charge < -0.3 is 19.1 Å². The lowest BCUT2D eigenvalue weighted by Crippen LogP contribution is -2.43. The van der Waals surface area contributed by atoms with Crippen LogP contribution in [0.25, 0.3) is 0 Å². The van der Waals surface area contributed by atoms with Gasteiger partial charge in [0.15, 0.2) is 0 Å². The summed E-state index contributed by atoms with van der Waals surface area (Å²) >= 11 is 0. The highest BCUT2D eigenvalue weighted by Crippen LogP contribution is 2.30. The summed E-state index contributed by atoms with van der Waals surface area (Å²) in [6.07, 6.45) is 5.72. The van der Waals surface area contributed by atoms with Crippen molar-refractivity contribution in [3.8, 4) is 11.8 Å². The number of hydrogen-bond donors (Lipinski definition) is 0. The first-order chi connectivity index (χ1) is 12.6. The van der Waals surface area contributed by atoms with Crippen LogP contribution in [0, 0.1) is 11.8 Å². The largest absolute Gasteiger partial charge is 0.381 e. The Bertz CT molecular complexity index is 620. The average molecular weight is 357 g/mol. The number of ether oxygens (including phenoxy) is 3. The quantitative estimate of drug-likeness (QED) is 0.728. The lowest BCUT2D eigenvalue weighted by atomic mass is 9.91. The zero-order chi connectivity index (χ0) is 18.4. The summed E-state index contributed by atoms with van der Waals surface area (Å²) in [7, 11) is 1.79. The smallest absolute Gasteiger partial charge is 0.108 e. The first-order valence-corrected chi connectivity index (χ1v) is 9.77. The predicted octanol–water partition coefficient (Wildman–Crippen LogP) is 3.63. The minimum absolute atomic E-state index is 0.222. The molecule has 0 amide bonds. The number of hydrogen-bond acceptors (Lipinski definition) is 4. The van der Waals surface area contributed by atoms with Crippen LogP contribution in [0.2, 0.25) is 0 Å². The van der Waals surface area contributed by atoms with E-state index in [1.807, 2.05) is 13.8 Å². The topological polar surface area (TPSA) is 30.9 Å². The van der Waals surface area contributed by atoms with Gasteiger partial charge in [0.1, 0.15) is 6.61 Å². The number of nitrogens with zero attached hydrogens (tertiary/aromatic N) is 1. The number of benzene rings is 1. The maximum absolute atomic E-state index is 6.21. The van der Waals surface area contributed by atoms with E-state index in [1.54, 1.807) is 7.11 Å². The highest BCUT2D eigenvalue weighted by Gasteiger charge is 2.32. The number of methoxy groups -OCH3 is 1. The molecular weight excluding hydrogens is 326 g/mol. The van der Waals surface area contributed by atoms with Gasteiger partial charge in [-0.2, -0.15) is 0 Å².